The molecule has 0 amide bonds. The average molecular weight is 297 g/mol. The van der Waals surface area contributed by atoms with Gasteiger partial charge < -0.3 is 10.0 Å². The van der Waals surface area contributed by atoms with Crippen LogP contribution in [0.15, 0.2) is 29.6 Å². The highest BCUT2D eigenvalue weighted by Crippen LogP contribution is 2.18. The molecule has 0 aliphatic heterocycles. The summed E-state index contributed by atoms with van der Waals surface area (Å²) < 4.78 is 0. The monoisotopic (exact) mass is 296 g/mol. The van der Waals surface area contributed by atoms with Gasteiger partial charge in [0.1, 0.15) is 11.0 Å². The highest BCUT2D eigenvalue weighted by molar-refractivity contribution is 7.09. The highest BCUT2D eigenvalue weighted by Gasteiger charge is 2.10. The van der Waals surface area contributed by atoms with Crippen molar-refractivity contribution in [2.45, 2.75) is 6.42 Å². The Bertz CT molecular complexity index is 572. The number of hydrogen-bond acceptors (Lipinski definition) is 4. The fourth-order valence-corrected chi connectivity index (χ4v) is 2.55. The summed E-state index contributed by atoms with van der Waals surface area (Å²) in [6.45, 7) is 0.757. The van der Waals surface area contributed by atoms with E-state index in [2.05, 4.69) is 11.1 Å². The van der Waals surface area contributed by atoms with E-state index in [0.717, 1.165) is 13.0 Å². The van der Waals surface area contributed by atoms with Crippen LogP contribution in [0.5, 0.6) is 0 Å². The van der Waals surface area contributed by atoms with Gasteiger partial charge in [-0.15, -0.1) is 11.3 Å². The molecule has 2 aromatic heterocycles. The zero-order valence-electron chi connectivity index (χ0n) is 10.3. The Labute approximate surface area is 120 Å². The van der Waals surface area contributed by atoms with Crippen LogP contribution in [0.4, 0.5) is 5.82 Å². The van der Waals surface area contributed by atoms with Gasteiger partial charge in [-0.3, -0.25) is 0 Å². The van der Waals surface area contributed by atoms with Crippen LogP contribution < -0.4 is 4.90 Å². The number of pyridine rings is 1. The minimum absolute atomic E-state index is 0.151. The van der Waals surface area contributed by atoms with Crippen LogP contribution >= 0.6 is 22.9 Å². The Morgan fingerprint density at radius 3 is 2.95 bits per heavy atom. The van der Waals surface area contributed by atoms with E-state index in [4.69, 9.17) is 16.7 Å². The number of aromatic nitrogens is 1. The maximum atomic E-state index is 11.0. The first kappa shape index (κ1) is 13.8. The molecule has 0 fully saturated rings. The van der Waals surface area contributed by atoms with E-state index in [1.165, 1.54) is 17.0 Å². The molecule has 0 unspecified atom stereocenters. The first-order valence-electron chi connectivity index (χ1n) is 5.70. The van der Waals surface area contributed by atoms with Gasteiger partial charge in [0.15, 0.2) is 0 Å². The SMILES string of the molecule is CN(CCc1cccs1)c1cc(C(=O)O)cc(Cl)n1. The maximum Gasteiger partial charge on any atom is 0.335 e. The van der Waals surface area contributed by atoms with Crippen molar-refractivity contribution in [3.05, 3.63) is 45.2 Å². The fraction of sp³-hybridized carbons (Fsp3) is 0.231. The van der Waals surface area contributed by atoms with Gasteiger partial charge in [-0.05, 0) is 30.0 Å². The lowest BCUT2D eigenvalue weighted by atomic mass is 10.2. The highest BCUT2D eigenvalue weighted by atomic mass is 35.5. The van der Waals surface area contributed by atoms with Crippen LogP contribution in [0.25, 0.3) is 0 Å². The van der Waals surface area contributed by atoms with Gasteiger partial charge in [0.25, 0.3) is 0 Å². The molecule has 0 atom stereocenters. The summed E-state index contributed by atoms with van der Waals surface area (Å²) in [6, 6.07) is 6.97. The molecule has 0 aromatic carbocycles. The molecular formula is C13H13ClN2O2S. The van der Waals surface area contributed by atoms with Gasteiger partial charge in [0, 0.05) is 18.5 Å². The Kier molecular flexibility index (Phi) is 4.39. The van der Waals surface area contributed by atoms with Crippen molar-refractivity contribution in [1.82, 2.24) is 4.98 Å². The van der Waals surface area contributed by atoms with Crippen molar-refractivity contribution in [3.63, 3.8) is 0 Å². The van der Waals surface area contributed by atoms with Crippen LogP contribution in [0.3, 0.4) is 0 Å². The summed E-state index contributed by atoms with van der Waals surface area (Å²) in [6.07, 6.45) is 0.894. The van der Waals surface area contributed by atoms with Gasteiger partial charge in [-0.1, -0.05) is 17.7 Å². The average Bonchev–Trinajstić information content (AvgIpc) is 2.88. The molecule has 100 valence electrons. The molecule has 2 rings (SSSR count). The second-order valence-corrected chi connectivity index (χ2v) is 5.51. The van der Waals surface area contributed by atoms with Gasteiger partial charge >= 0.3 is 5.97 Å². The number of hydrogen-bond donors (Lipinski definition) is 1. The molecular weight excluding hydrogens is 284 g/mol. The number of thiophene rings is 1. The minimum Gasteiger partial charge on any atom is -0.478 e. The zero-order valence-corrected chi connectivity index (χ0v) is 11.9. The summed E-state index contributed by atoms with van der Waals surface area (Å²) >= 11 is 7.54. The number of halogens is 1. The Balaban J connectivity index is 2.09. The molecule has 0 aliphatic rings. The molecule has 2 heterocycles. The third kappa shape index (κ3) is 3.68. The van der Waals surface area contributed by atoms with Crippen molar-refractivity contribution in [2.24, 2.45) is 0 Å². The quantitative estimate of drug-likeness (QED) is 0.861. The molecule has 0 spiro atoms. The molecule has 19 heavy (non-hydrogen) atoms. The van der Waals surface area contributed by atoms with Crippen molar-refractivity contribution in [1.29, 1.82) is 0 Å². The summed E-state index contributed by atoms with van der Waals surface area (Å²) in [5, 5.41) is 11.2. The third-order valence-electron chi connectivity index (χ3n) is 2.69. The lowest BCUT2D eigenvalue weighted by Crippen LogP contribution is -2.21. The number of anilines is 1. The second kappa shape index (κ2) is 6.04. The predicted octanol–water partition coefficient (Wildman–Crippen LogP) is 3.17. The van der Waals surface area contributed by atoms with Crippen molar-refractivity contribution >= 4 is 34.7 Å². The number of likely N-dealkylation sites (N-methyl/N-ethyl adjacent to an activating group) is 1. The summed E-state index contributed by atoms with van der Waals surface area (Å²) in [7, 11) is 1.87. The van der Waals surface area contributed by atoms with Crippen LogP contribution in [-0.4, -0.2) is 29.7 Å². The third-order valence-corrected chi connectivity index (χ3v) is 3.82. The van der Waals surface area contributed by atoms with Gasteiger partial charge in [-0.25, -0.2) is 9.78 Å². The van der Waals surface area contributed by atoms with E-state index in [1.807, 2.05) is 23.4 Å². The number of nitrogens with zero attached hydrogens (tertiary/aromatic N) is 2. The number of carboxylic acids is 1. The number of carboxylic acid groups (broad SMARTS) is 1. The molecule has 6 heteroatoms. The normalized spacial score (nSPS) is 10.4. The lowest BCUT2D eigenvalue weighted by Gasteiger charge is -2.18. The van der Waals surface area contributed by atoms with Crippen LogP contribution in [0.2, 0.25) is 5.15 Å². The largest absolute Gasteiger partial charge is 0.478 e. The molecule has 0 saturated heterocycles. The summed E-state index contributed by atoms with van der Waals surface area (Å²) in [4.78, 5) is 18.3. The molecule has 0 aliphatic carbocycles. The first-order chi connectivity index (χ1) is 9.06. The Morgan fingerprint density at radius 1 is 1.53 bits per heavy atom. The summed E-state index contributed by atoms with van der Waals surface area (Å²) in [5.74, 6) is -0.432. The van der Waals surface area contributed by atoms with Crippen molar-refractivity contribution in [2.75, 3.05) is 18.5 Å². The van der Waals surface area contributed by atoms with E-state index in [1.54, 1.807) is 11.3 Å². The van der Waals surface area contributed by atoms with Gasteiger partial charge in [-0.2, -0.15) is 0 Å². The van der Waals surface area contributed by atoms with Crippen molar-refractivity contribution < 1.29 is 9.90 Å². The summed E-state index contributed by atoms with van der Waals surface area (Å²) in [5.41, 5.74) is 0.151. The van der Waals surface area contributed by atoms with Gasteiger partial charge in [0.2, 0.25) is 0 Å². The zero-order chi connectivity index (χ0) is 13.8. The van der Waals surface area contributed by atoms with E-state index in [9.17, 15) is 4.79 Å². The Morgan fingerprint density at radius 2 is 2.32 bits per heavy atom. The van der Waals surface area contributed by atoms with Crippen LogP contribution in [0.1, 0.15) is 15.2 Å². The molecule has 0 saturated carbocycles. The van der Waals surface area contributed by atoms with Crippen molar-refractivity contribution in [3.8, 4) is 0 Å². The molecule has 0 radical (unpaired) electrons. The molecule has 4 nitrogen and oxygen atoms in total. The number of aromatic carboxylic acids is 1. The van der Waals surface area contributed by atoms with Gasteiger partial charge in [0.05, 0.1) is 5.56 Å². The number of carbonyl (C=O) groups is 1. The first-order valence-corrected chi connectivity index (χ1v) is 6.96. The minimum atomic E-state index is -1.00. The molecule has 1 N–H and O–H groups in total. The smallest absolute Gasteiger partial charge is 0.335 e. The van der Waals surface area contributed by atoms with E-state index < -0.39 is 5.97 Å². The van der Waals surface area contributed by atoms with Crippen LogP contribution in [-0.2, 0) is 6.42 Å². The second-order valence-electron chi connectivity index (χ2n) is 4.09. The predicted molar refractivity (Wildman–Crippen MR) is 77.5 cm³/mol. The fourth-order valence-electron chi connectivity index (χ4n) is 1.65. The lowest BCUT2D eigenvalue weighted by molar-refractivity contribution is 0.0697. The van der Waals surface area contributed by atoms with E-state index in [-0.39, 0.29) is 10.7 Å². The Hall–Kier alpha value is -1.59. The standard InChI is InChI=1S/C13H13ClN2O2S/c1-16(5-4-10-3-2-6-19-10)12-8-9(13(17)18)7-11(14)15-12/h2-3,6-8H,4-5H2,1H3,(H,17,18). The van der Waals surface area contributed by atoms with Crippen LogP contribution in [0, 0.1) is 0 Å². The maximum absolute atomic E-state index is 11.0. The topological polar surface area (TPSA) is 53.4 Å². The van der Waals surface area contributed by atoms with E-state index in [0.29, 0.717) is 5.82 Å². The molecule has 0 bridgehead atoms. The van der Waals surface area contributed by atoms with E-state index >= 15 is 0 Å². The number of rotatable bonds is 5. The molecule has 2 aromatic rings.